The molecule has 166 valence electrons. The maximum absolute atomic E-state index is 12.5. The molecule has 0 radical (unpaired) electrons. The predicted molar refractivity (Wildman–Crippen MR) is 115 cm³/mol. The topological polar surface area (TPSA) is 167 Å². The number of nitrogens with one attached hydrogen (secondary N) is 2. The summed E-state index contributed by atoms with van der Waals surface area (Å²) >= 11 is 0. The SMILES string of the molecule is O=C(Nc1ccc(S(=O)(=O)O)cc1)c1cccc(C(=O)Nc2ccc(S(=O)(=O)O)cc2)c1.[Na+]. The van der Waals surface area contributed by atoms with Crippen LogP contribution in [-0.2, 0) is 20.2 Å². The van der Waals surface area contributed by atoms with Gasteiger partial charge in [0, 0.05) is 22.5 Å². The number of amides is 2. The Morgan fingerprint density at radius 1 is 0.606 bits per heavy atom. The van der Waals surface area contributed by atoms with Crippen LogP contribution in [0.25, 0.3) is 0 Å². The Bertz CT molecular complexity index is 1280. The van der Waals surface area contributed by atoms with Crippen LogP contribution in [0.5, 0.6) is 0 Å². The Kier molecular flexibility index (Phi) is 8.54. The van der Waals surface area contributed by atoms with Gasteiger partial charge in [-0.25, -0.2) is 0 Å². The van der Waals surface area contributed by atoms with Gasteiger partial charge in [0.05, 0.1) is 9.79 Å². The van der Waals surface area contributed by atoms with E-state index in [4.69, 9.17) is 9.11 Å². The van der Waals surface area contributed by atoms with E-state index in [0.29, 0.717) is 0 Å². The van der Waals surface area contributed by atoms with Crippen LogP contribution in [0.2, 0.25) is 0 Å². The molecular weight excluding hydrogens is 483 g/mol. The summed E-state index contributed by atoms with van der Waals surface area (Å²) in [7, 11) is -8.70. The van der Waals surface area contributed by atoms with Gasteiger partial charge in [-0.05, 0) is 66.7 Å². The molecule has 0 bridgehead atoms. The number of anilines is 2. The van der Waals surface area contributed by atoms with E-state index in [1.54, 1.807) is 0 Å². The minimum atomic E-state index is -4.35. The summed E-state index contributed by atoms with van der Waals surface area (Å²) in [5, 5.41) is 5.09. The van der Waals surface area contributed by atoms with E-state index in [1.165, 1.54) is 48.5 Å². The predicted octanol–water partition coefficient (Wildman–Crippen LogP) is -0.311. The maximum Gasteiger partial charge on any atom is 1.00 e. The van der Waals surface area contributed by atoms with Crippen molar-refractivity contribution in [1.82, 2.24) is 0 Å². The minimum absolute atomic E-state index is 0. The van der Waals surface area contributed by atoms with Crippen molar-refractivity contribution in [3.05, 3.63) is 83.9 Å². The van der Waals surface area contributed by atoms with Crippen molar-refractivity contribution in [1.29, 1.82) is 0 Å². The van der Waals surface area contributed by atoms with Crippen molar-refractivity contribution in [3.8, 4) is 0 Å². The van der Waals surface area contributed by atoms with E-state index < -0.39 is 32.1 Å². The molecule has 3 aromatic carbocycles. The summed E-state index contributed by atoms with van der Waals surface area (Å²) in [6.07, 6.45) is 0. The monoisotopic (exact) mass is 499 g/mol. The molecule has 0 unspecified atom stereocenters. The second kappa shape index (κ2) is 10.6. The minimum Gasteiger partial charge on any atom is -0.322 e. The molecule has 0 saturated heterocycles. The number of carbonyl (C=O) groups is 2. The van der Waals surface area contributed by atoms with Crippen molar-refractivity contribution >= 4 is 43.4 Å². The molecule has 0 aromatic heterocycles. The van der Waals surface area contributed by atoms with Gasteiger partial charge in [-0.2, -0.15) is 16.8 Å². The van der Waals surface area contributed by atoms with Crippen LogP contribution in [0.15, 0.2) is 82.6 Å². The molecule has 2 amide bonds. The smallest absolute Gasteiger partial charge is 0.322 e. The molecule has 3 rings (SSSR count). The van der Waals surface area contributed by atoms with Crippen LogP contribution >= 0.6 is 0 Å². The third-order valence-electron chi connectivity index (χ3n) is 4.21. The number of hydrogen-bond donors (Lipinski definition) is 4. The van der Waals surface area contributed by atoms with Crippen molar-refractivity contribution in [2.45, 2.75) is 9.79 Å². The first-order valence-corrected chi connectivity index (χ1v) is 11.7. The molecule has 10 nitrogen and oxygen atoms in total. The van der Waals surface area contributed by atoms with Gasteiger partial charge in [-0.15, -0.1) is 0 Å². The quantitative estimate of drug-likeness (QED) is 0.265. The second-order valence-electron chi connectivity index (χ2n) is 6.49. The number of rotatable bonds is 6. The summed E-state index contributed by atoms with van der Waals surface area (Å²) in [6.45, 7) is 0. The summed E-state index contributed by atoms with van der Waals surface area (Å²) < 4.78 is 62.3. The van der Waals surface area contributed by atoms with Crippen molar-refractivity contribution in [2.75, 3.05) is 10.6 Å². The number of benzene rings is 3. The van der Waals surface area contributed by atoms with Crippen LogP contribution in [0.4, 0.5) is 11.4 Å². The summed E-state index contributed by atoms with van der Waals surface area (Å²) in [6, 6.07) is 15.5. The molecule has 0 heterocycles. The van der Waals surface area contributed by atoms with Crippen LogP contribution in [0, 0.1) is 0 Å². The van der Waals surface area contributed by atoms with Gasteiger partial charge in [-0.1, -0.05) is 6.07 Å². The third kappa shape index (κ3) is 7.20. The van der Waals surface area contributed by atoms with Gasteiger partial charge >= 0.3 is 29.6 Å². The zero-order chi connectivity index (χ0) is 23.5. The van der Waals surface area contributed by atoms with Gasteiger partial charge in [0.25, 0.3) is 32.1 Å². The average molecular weight is 499 g/mol. The van der Waals surface area contributed by atoms with E-state index >= 15 is 0 Å². The Morgan fingerprint density at radius 2 is 0.939 bits per heavy atom. The molecule has 13 heteroatoms. The molecule has 3 aromatic rings. The molecule has 0 aliphatic rings. The van der Waals surface area contributed by atoms with Crippen LogP contribution in [0.3, 0.4) is 0 Å². The van der Waals surface area contributed by atoms with E-state index in [2.05, 4.69) is 10.6 Å². The zero-order valence-electron chi connectivity index (χ0n) is 17.1. The Hall–Kier alpha value is -2.58. The molecule has 33 heavy (non-hydrogen) atoms. The molecule has 0 aliphatic carbocycles. The first-order valence-electron chi connectivity index (χ1n) is 8.81. The molecular formula is C20H16N2NaO8S2+. The molecule has 0 atom stereocenters. The fourth-order valence-electron chi connectivity index (χ4n) is 2.63. The van der Waals surface area contributed by atoms with Crippen LogP contribution in [-0.4, -0.2) is 37.8 Å². The van der Waals surface area contributed by atoms with E-state index in [-0.39, 0.29) is 61.8 Å². The van der Waals surface area contributed by atoms with Gasteiger partial charge in [0.1, 0.15) is 0 Å². The number of hydrogen-bond acceptors (Lipinski definition) is 6. The van der Waals surface area contributed by atoms with E-state index in [0.717, 1.165) is 24.3 Å². The summed E-state index contributed by atoms with van der Waals surface area (Å²) in [4.78, 5) is 24.3. The normalized spacial score (nSPS) is 11.2. The van der Waals surface area contributed by atoms with E-state index in [9.17, 15) is 26.4 Å². The van der Waals surface area contributed by atoms with Gasteiger partial charge in [0.15, 0.2) is 0 Å². The van der Waals surface area contributed by atoms with Crippen molar-refractivity contribution < 1.29 is 65.1 Å². The van der Waals surface area contributed by atoms with Gasteiger partial charge in [-0.3, -0.25) is 18.7 Å². The largest absolute Gasteiger partial charge is 1.00 e. The first-order chi connectivity index (χ1) is 14.9. The van der Waals surface area contributed by atoms with Crippen molar-refractivity contribution in [2.24, 2.45) is 0 Å². The molecule has 4 N–H and O–H groups in total. The summed E-state index contributed by atoms with van der Waals surface area (Å²) in [5.41, 5.74) is 0.851. The fraction of sp³-hybridized carbons (Fsp3) is 0. The first kappa shape index (κ1) is 26.7. The third-order valence-corrected chi connectivity index (χ3v) is 5.94. The van der Waals surface area contributed by atoms with Crippen molar-refractivity contribution in [3.63, 3.8) is 0 Å². The number of carbonyl (C=O) groups excluding carboxylic acids is 2. The molecule has 0 aliphatic heterocycles. The molecule has 0 fully saturated rings. The van der Waals surface area contributed by atoms with Gasteiger partial charge < -0.3 is 10.6 Å². The standard InChI is InChI=1S/C20H16N2O8S2.Na/c23-19(21-15-4-8-17(9-5-15)31(25,26)27)13-2-1-3-14(12-13)20(24)22-16-6-10-18(11-7-16)32(28,29)30;/h1-12H,(H,21,23)(H,22,24)(H,25,26,27)(H,28,29,30);/q;+1. The zero-order valence-corrected chi connectivity index (χ0v) is 20.7. The maximum atomic E-state index is 12.5. The Morgan fingerprint density at radius 3 is 1.24 bits per heavy atom. The van der Waals surface area contributed by atoms with E-state index in [1.807, 2.05) is 0 Å². The average Bonchev–Trinajstić information content (AvgIpc) is 2.73. The second-order valence-corrected chi connectivity index (χ2v) is 9.33. The Labute approximate surface area is 211 Å². The Balaban J connectivity index is 0.00000385. The fourth-order valence-corrected chi connectivity index (χ4v) is 3.59. The summed E-state index contributed by atoms with van der Waals surface area (Å²) in [5.74, 6) is -1.12. The van der Waals surface area contributed by atoms with Crippen LogP contribution < -0.4 is 40.2 Å². The van der Waals surface area contributed by atoms with Crippen LogP contribution in [0.1, 0.15) is 20.7 Å². The van der Waals surface area contributed by atoms with Gasteiger partial charge in [0.2, 0.25) is 0 Å². The molecule has 0 spiro atoms. The molecule has 0 saturated carbocycles.